The van der Waals surface area contributed by atoms with Gasteiger partial charge in [-0.05, 0) is 41.8 Å². The monoisotopic (exact) mass is 315 g/mol. The number of fused-ring (bicyclic) bond motifs is 1. The summed E-state index contributed by atoms with van der Waals surface area (Å²) in [6.07, 6.45) is 2.01. The average Bonchev–Trinajstić information content (AvgIpc) is 3.02. The number of nitrogens with zero attached hydrogens (tertiary/aromatic N) is 3. The highest BCUT2D eigenvalue weighted by Gasteiger charge is 2.29. The molecule has 3 aromatic rings. The fourth-order valence-corrected chi connectivity index (χ4v) is 3.11. The molecule has 0 bridgehead atoms. The minimum atomic E-state index is 0.464. The maximum Gasteiger partial charge on any atom is 0.158 e. The molecule has 0 atom stereocenters. The Labute approximate surface area is 143 Å². The summed E-state index contributed by atoms with van der Waals surface area (Å²) in [5, 5.41) is 0. The van der Waals surface area contributed by atoms with Crippen LogP contribution in [0.2, 0.25) is 0 Å². The summed E-state index contributed by atoms with van der Waals surface area (Å²) in [5.74, 6) is 1.49. The standard InChI is InChI=1S/C21H21N3/c1-16(2)17-13-20-21(22-14-17)24(19-11-7-4-8-12-19)15-23(20)18-9-5-3-6-10-18/h3-14,16H,15H2,1-2H3. The Hall–Kier alpha value is -2.81. The predicted octanol–water partition coefficient (Wildman–Crippen LogP) is 5.45. The van der Waals surface area contributed by atoms with E-state index in [9.17, 15) is 0 Å². The topological polar surface area (TPSA) is 19.4 Å². The van der Waals surface area contributed by atoms with Gasteiger partial charge in [-0.25, -0.2) is 4.98 Å². The first-order chi connectivity index (χ1) is 11.7. The van der Waals surface area contributed by atoms with Gasteiger partial charge in [-0.2, -0.15) is 0 Å². The van der Waals surface area contributed by atoms with Gasteiger partial charge in [0.1, 0.15) is 6.67 Å². The number of hydrogen-bond acceptors (Lipinski definition) is 3. The first-order valence-corrected chi connectivity index (χ1v) is 8.39. The van der Waals surface area contributed by atoms with Gasteiger partial charge in [0.25, 0.3) is 0 Å². The van der Waals surface area contributed by atoms with E-state index in [1.165, 1.54) is 22.6 Å². The van der Waals surface area contributed by atoms with Crippen LogP contribution in [0.4, 0.5) is 22.9 Å². The SMILES string of the molecule is CC(C)c1cnc2c(c1)N(c1ccccc1)CN2c1ccccc1. The first-order valence-electron chi connectivity index (χ1n) is 8.39. The lowest BCUT2D eigenvalue weighted by atomic mass is 10.1. The highest BCUT2D eigenvalue weighted by atomic mass is 15.4. The van der Waals surface area contributed by atoms with Crippen molar-refractivity contribution < 1.29 is 0 Å². The summed E-state index contributed by atoms with van der Waals surface area (Å²) >= 11 is 0. The van der Waals surface area contributed by atoms with Crippen LogP contribution >= 0.6 is 0 Å². The van der Waals surface area contributed by atoms with Gasteiger partial charge in [0.05, 0.1) is 5.69 Å². The molecule has 4 rings (SSSR count). The third kappa shape index (κ3) is 2.52. The Morgan fingerprint density at radius 2 is 1.42 bits per heavy atom. The van der Waals surface area contributed by atoms with E-state index in [2.05, 4.69) is 84.3 Å². The molecular weight excluding hydrogens is 294 g/mol. The fraction of sp³-hybridized carbons (Fsp3) is 0.190. The molecule has 0 radical (unpaired) electrons. The zero-order chi connectivity index (χ0) is 16.5. The van der Waals surface area contributed by atoms with E-state index in [-0.39, 0.29) is 0 Å². The number of pyridine rings is 1. The Kier molecular flexibility index (Phi) is 3.69. The number of anilines is 4. The third-order valence-corrected chi connectivity index (χ3v) is 4.50. The maximum atomic E-state index is 4.80. The van der Waals surface area contributed by atoms with Crippen molar-refractivity contribution in [2.45, 2.75) is 19.8 Å². The van der Waals surface area contributed by atoms with E-state index in [0.29, 0.717) is 5.92 Å². The molecule has 0 aliphatic carbocycles. The number of para-hydroxylation sites is 2. The van der Waals surface area contributed by atoms with Crippen molar-refractivity contribution in [1.82, 2.24) is 4.98 Å². The highest BCUT2D eigenvalue weighted by Crippen LogP contribution is 2.43. The van der Waals surface area contributed by atoms with Crippen molar-refractivity contribution in [3.05, 3.63) is 78.5 Å². The molecule has 3 nitrogen and oxygen atoms in total. The van der Waals surface area contributed by atoms with Crippen LogP contribution in [0, 0.1) is 0 Å². The summed E-state index contributed by atoms with van der Waals surface area (Å²) in [4.78, 5) is 9.40. The van der Waals surface area contributed by atoms with E-state index in [4.69, 9.17) is 4.98 Å². The first kappa shape index (κ1) is 14.8. The molecule has 0 N–H and O–H groups in total. The second-order valence-corrected chi connectivity index (χ2v) is 6.43. The number of rotatable bonds is 3. The summed E-state index contributed by atoms with van der Waals surface area (Å²) in [6.45, 7) is 5.19. The van der Waals surface area contributed by atoms with Gasteiger partial charge in [0.15, 0.2) is 5.82 Å². The Balaban J connectivity index is 1.83. The summed E-state index contributed by atoms with van der Waals surface area (Å²) in [5.41, 5.74) is 4.81. The Bertz CT molecular complexity index is 828. The molecular formula is C21H21N3. The Morgan fingerprint density at radius 1 is 0.833 bits per heavy atom. The lowest BCUT2D eigenvalue weighted by Gasteiger charge is -2.21. The average molecular weight is 315 g/mol. The highest BCUT2D eigenvalue weighted by molar-refractivity contribution is 5.84. The smallest absolute Gasteiger partial charge is 0.158 e. The van der Waals surface area contributed by atoms with Crippen LogP contribution in [0.15, 0.2) is 72.9 Å². The summed E-state index contributed by atoms with van der Waals surface area (Å²) in [7, 11) is 0. The summed E-state index contributed by atoms with van der Waals surface area (Å²) < 4.78 is 0. The zero-order valence-electron chi connectivity index (χ0n) is 14.1. The van der Waals surface area contributed by atoms with E-state index in [0.717, 1.165) is 12.5 Å². The molecule has 120 valence electrons. The van der Waals surface area contributed by atoms with Crippen molar-refractivity contribution in [3.8, 4) is 0 Å². The minimum Gasteiger partial charge on any atom is -0.320 e. The van der Waals surface area contributed by atoms with E-state index < -0.39 is 0 Å². The molecule has 3 heteroatoms. The zero-order valence-corrected chi connectivity index (χ0v) is 14.1. The molecule has 2 aromatic carbocycles. The molecule has 0 fully saturated rings. The van der Waals surface area contributed by atoms with E-state index in [1.54, 1.807) is 0 Å². The fourth-order valence-electron chi connectivity index (χ4n) is 3.11. The van der Waals surface area contributed by atoms with Crippen LogP contribution in [0.25, 0.3) is 0 Å². The van der Waals surface area contributed by atoms with Crippen molar-refractivity contribution in [2.75, 3.05) is 16.5 Å². The molecule has 24 heavy (non-hydrogen) atoms. The molecule has 0 spiro atoms. The third-order valence-electron chi connectivity index (χ3n) is 4.50. The summed E-state index contributed by atoms with van der Waals surface area (Å²) in [6, 6.07) is 23.3. The molecule has 0 saturated heterocycles. The quantitative estimate of drug-likeness (QED) is 0.640. The van der Waals surface area contributed by atoms with Gasteiger partial charge in [0, 0.05) is 17.6 Å². The van der Waals surface area contributed by atoms with Crippen molar-refractivity contribution >= 4 is 22.9 Å². The second-order valence-electron chi connectivity index (χ2n) is 6.43. The molecule has 0 saturated carbocycles. The van der Waals surface area contributed by atoms with Gasteiger partial charge in [0.2, 0.25) is 0 Å². The van der Waals surface area contributed by atoms with E-state index >= 15 is 0 Å². The number of aromatic nitrogens is 1. The van der Waals surface area contributed by atoms with Crippen LogP contribution in [-0.4, -0.2) is 11.7 Å². The number of hydrogen-bond donors (Lipinski definition) is 0. The lowest BCUT2D eigenvalue weighted by molar-refractivity contribution is 0.859. The van der Waals surface area contributed by atoms with Gasteiger partial charge >= 0.3 is 0 Å². The van der Waals surface area contributed by atoms with Gasteiger partial charge in [-0.3, -0.25) is 0 Å². The van der Waals surface area contributed by atoms with Crippen molar-refractivity contribution in [2.24, 2.45) is 0 Å². The Morgan fingerprint density at radius 3 is 2.00 bits per heavy atom. The molecule has 1 aliphatic rings. The predicted molar refractivity (Wildman–Crippen MR) is 100 cm³/mol. The van der Waals surface area contributed by atoms with Crippen LogP contribution in [0.1, 0.15) is 25.3 Å². The van der Waals surface area contributed by atoms with Gasteiger partial charge < -0.3 is 9.80 Å². The van der Waals surface area contributed by atoms with Crippen molar-refractivity contribution in [1.29, 1.82) is 0 Å². The second kappa shape index (κ2) is 6.00. The van der Waals surface area contributed by atoms with Gasteiger partial charge in [-0.15, -0.1) is 0 Å². The molecule has 0 amide bonds. The minimum absolute atomic E-state index is 0.464. The van der Waals surface area contributed by atoms with Gasteiger partial charge in [-0.1, -0.05) is 50.2 Å². The largest absolute Gasteiger partial charge is 0.320 e. The van der Waals surface area contributed by atoms with Crippen LogP contribution < -0.4 is 9.80 Å². The number of benzene rings is 2. The molecule has 1 aromatic heterocycles. The molecule has 2 heterocycles. The maximum absolute atomic E-state index is 4.80. The van der Waals surface area contributed by atoms with Crippen molar-refractivity contribution in [3.63, 3.8) is 0 Å². The van der Waals surface area contributed by atoms with Crippen LogP contribution in [0.3, 0.4) is 0 Å². The molecule has 0 unspecified atom stereocenters. The molecule has 1 aliphatic heterocycles. The van der Waals surface area contributed by atoms with E-state index in [1.807, 2.05) is 12.3 Å². The lowest BCUT2D eigenvalue weighted by Crippen LogP contribution is -2.23. The van der Waals surface area contributed by atoms with Crippen LogP contribution in [-0.2, 0) is 0 Å². The van der Waals surface area contributed by atoms with Crippen LogP contribution in [0.5, 0.6) is 0 Å². The normalized spacial score (nSPS) is 13.5.